The molecule has 1 heterocycles. The van der Waals surface area contributed by atoms with E-state index in [1.54, 1.807) is 23.0 Å². The molecule has 0 radical (unpaired) electrons. The van der Waals surface area contributed by atoms with Gasteiger partial charge in [-0.2, -0.15) is 13.2 Å². The Bertz CT molecular complexity index is 588. The molecule has 0 aliphatic carbocycles. The second kappa shape index (κ2) is 5.56. The smallest absolute Gasteiger partial charge is 0.355 e. The van der Waals surface area contributed by atoms with Gasteiger partial charge in [-0.05, 0) is 31.0 Å². The van der Waals surface area contributed by atoms with Gasteiger partial charge >= 0.3 is 6.18 Å². The fraction of sp³-hybridized carbons (Fsp3) is 0.357. The molecule has 2 aromatic rings. The highest BCUT2D eigenvalue weighted by Crippen LogP contribution is 2.33. The van der Waals surface area contributed by atoms with Crippen LogP contribution < -0.4 is 5.32 Å². The van der Waals surface area contributed by atoms with Crippen LogP contribution in [0.3, 0.4) is 0 Å². The Hall–Kier alpha value is -1.98. The molecule has 0 spiro atoms. The molecule has 1 aromatic carbocycles. The molecular weight excluding hydrogens is 267 g/mol. The lowest BCUT2D eigenvalue weighted by molar-refractivity contribution is -0.138. The van der Waals surface area contributed by atoms with Gasteiger partial charge in [0.15, 0.2) is 0 Å². The molecule has 0 atom stereocenters. The van der Waals surface area contributed by atoms with Crippen molar-refractivity contribution in [2.45, 2.75) is 26.4 Å². The highest BCUT2D eigenvalue weighted by atomic mass is 19.4. The van der Waals surface area contributed by atoms with E-state index in [0.717, 1.165) is 19.0 Å². The normalized spacial score (nSPS) is 11.7. The minimum atomic E-state index is -4.35. The van der Waals surface area contributed by atoms with E-state index in [2.05, 4.69) is 10.3 Å². The van der Waals surface area contributed by atoms with Gasteiger partial charge in [-0.25, -0.2) is 4.98 Å². The molecule has 0 aliphatic rings. The van der Waals surface area contributed by atoms with E-state index >= 15 is 0 Å². The zero-order chi connectivity index (χ0) is 14.8. The molecule has 0 amide bonds. The number of hydrogen-bond donors (Lipinski definition) is 1. The Labute approximate surface area is 115 Å². The number of alkyl halides is 3. The van der Waals surface area contributed by atoms with Gasteiger partial charge in [0, 0.05) is 24.6 Å². The number of nitrogens with one attached hydrogen (secondary N) is 1. The number of nitrogens with zero attached hydrogens (tertiary/aromatic N) is 2. The lowest BCUT2D eigenvalue weighted by atomic mass is 10.1. The molecule has 2 rings (SSSR count). The number of imidazole rings is 1. The monoisotopic (exact) mass is 283 g/mol. The average Bonchev–Trinajstić information content (AvgIpc) is 2.84. The molecule has 1 N–H and O–H groups in total. The highest BCUT2D eigenvalue weighted by molar-refractivity contribution is 5.46. The standard InChI is InChI=1S/C14H16F3N3/c1-3-6-18-13-19-7-8-20(13)11-5-4-10(2)12(9-11)14(15,16)17/h4-5,7-9H,3,6H2,1-2H3,(H,18,19). The largest absolute Gasteiger partial charge is 0.416 e. The van der Waals surface area contributed by atoms with Crippen molar-refractivity contribution in [1.82, 2.24) is 9.55 Å². The van der Waals surface area contributed by atoms with Crippen LogP contribution in [0.25, 0.3) is 5.69 Å². The molecule has 108 valence electrons. The predicted molar refractivity (Wildman–Crippen MR) is 72.1 cm³/mol. The molecule has 20 heavy (non-hydrogen) atoms. The number of benzene rings is 1. The molecule has 0 saturated heterocycles. The van der Waals surface area contributed by atoms with Crippen LogP contribution in [0.5, 0.6) is 0 Å². The van der Waals surface area contributed by atoms with Gasteiger partial charge < -0.3 is 5.32 Å². The second-order valence-corrected chi connectivity index (χ2v) is 4.54. The van der Waals surface area contributed by atoms with Crippen LogP contribution in [0.1, 0.15) is 24.5 Å². The van der Waals surface area contributed by atoms with Crippen LogP contribution in [0.2, 0.25) is 0 Å². The minimum absolute atomic E-state index is 0.212. The molecule has 3 nitrogen and oxygen atoms in total. The van der Waals surface area contributed by atoms with E-state index in [9.17, 15) is 13.2 Å². The van der Waals surface area contributed by atoms with Gasteiger partial charge in [0.25, 0.3) is 0 Å². The van der Waals surface area contributed by atoms with Gasteiger partial charge in [0.1, 0.15) is 0 Å². The summed E-state index contributed by atoms with van der Waals surface area (Å²) >= 11 is 0. The van der Waals surface area contributed by atoms with Crippen molar-refractivity contribution in [2.24, 2.45) is 0 Å². The minimum Gasteiger partial charge on any atom is -0.355 e. The third-order valence-electron chi connectivity index (χ3n) is 2.98. The number of hydrogen-bond acceptors (Lipinski definition) is 2. The van der Waals surface area contributed by atoms with E-state index < -0.39 is 11.7 Å². The highest BCUT2D eigenvalue weighted by Gasteiger charge is 2.32. The van der Waals surface area contributed by atoms with Crippen molar-refractivity contribution in [3.05, 3.63) is 41.7 Å². The molecule has 6 heteroatoms. The van der Waals surface area contributed by atoms with E-state index in [1.807, 2.05) is 6.92 Å². The average molecular weight is 283 g/mol. The van der Waals surface area contributed by atoms with E-state index in [4.69, 9.17) is 0 Å². The lowest BCUT2D eigenvalue weighted by Crippen LogP contribution is -2.10. The number of aromatic nitrogens is 2. The Kier molecular flexibility index (Phi) is 4.01. The third-order valence-corrected chi connectivity index (χ3v) is 2.98. The molecule has 0 unspecified atom stereocenters. The van der Waals surface area contributed by atoms with Gasteiger partial charge in [-0.1, -0.05) is 13.0 Å². The Morgan fingerprint density at radius 3 is 2.70 bits per heavy atom. The lowest BCUT2D eigenvalue weighted by Gasteiger charge is -2.14. The fourth-order valence-corrected chi connectivity index (χ4v) is 1.94. The van der Waals surface area contributed by atoms with Crippen molar-refractivity contribution in [3.8, 4) is 5.69 Å². The van der Waals surface area contributed by atoms with Crippen LogP contribution in [-0.4, -0.2) is 16.1 Å². The zero-order valence-electron chi connectivity index (χ0n) is 11.3. The van der Waals surface area contributed by atoms with Crippen molar-refractivity contribution in [3.63, 3.8) is 0 Å². The quantitative estimate of drug-likeness (QED) is 0.918. The number of anilines is 1. The first kappa shape index (κ1) is 14.4. The van der Waals surface area contributed by atoms with Crippen LogP contribution in [0.4, 0.5) is 19.1 Å². The van der Waals surface area contributed by atoms with Gasteiger partial charge in [-0.15, -0.1) is 0 Å². The zero-order valence-corrected chi connectivity index (χ0v) is 11.3. The summed E-state index contributed by atoms with van der Waals surface area (Å²) in [6, 6.07) is 4.28. The summed E-state index contributed by atoms with van der Waals surface area (Å²) in [5.41, 5.74) is 0.0357. The maximum Gasteiger partial charge on any atom is 0.416 e. The van der Waals surface area contributed by atoms with E-state index in [1.165, 1.54) is 13.0 Å². The summed E-state index contributed by atoms with van der Waals surface area (Å²) < 4.78 is 40.4. The van der Waals surface area contributed by atoms with Gasteiger partial charge in [-0.3, -0.25) is 4.57 Å². The summed E-state index contributed by atoms with van der Waals surface area (Å²) in [5.74, 6) is 0.545. The molecule has 0 saturated carbocycles. The van der Waals surface area contributed by atoms with Gasteiger partial charge in [0.2, 0.25) is 5.95 Å². The third kappa shape index (κ3) is 2.95. The first-order valence-electron chi connectivity index (χ1n) is 6.39. The number of aryl methyl sites for hydroxylation is 1. The maximum absolute atomic E-state index is 12.9. The Morgan fingerprint density at radius 2 is 2.05 bits per heavy atom. The van der Waals surface area contributed by atoms with Crippen LogP contribution in [-0.2, 0) is 6.18 Å². The van der Waals surface area contributed by atoms with Crippen LogP contribution in [0, 0.1) is 6.92 Å². The van der Waals surface area contributed by atoms with Crippen molar-refractivity contribution >= 4 is 5.95 Å². The van der Waals surface area contributed by atoms with E-state index in [-0.39, 0.29) is 5.56 Å². The molecule has 0 fully saturated rings. The summed E-state index contributed by atoms with van der Waals surface area (Å²) in [5, 5.41) is 3.08. The van der Waals surface area contributed by atoms with Crippen molar-refractivity contribution in [1.29, 1.82) is 0 Å². The Balaban J connectivity index is 2.41. The first-order valence-corrected chi connectivity index (χ1v) is 6.39. The first-order chi connectivity index (χ1) is 9.43. The van der Waals surface area contributed by atoms with Crippen LogP contribution >= 0.6 is 0 Å². The van der Waals surface area contributed by atoms with E-state index in [0.29, 0.717) is 11.6 Å². The molecule has 0 bridgehead atoms. The van der Waals surface area contributed by atoms with Crippen LogP contribution in [0.15, 0.2) is 30.6 Å². The summed E-state index contributed by atoms with van der Waals surface area (Å²) in [7, 11) is 0. The Morgan fingerprint density at radius 1 is 1.30 bits per heavy atom. The maximum atomic E-state index is 12.9. The summed E-state index contributed by atoms with van der Waals surface area (Å²) in [4.78, 5) is 4.11. The second-order valence-electron chi connectivity index (χ2n) is 4.54. The molecule has 1 aromatic heterocycles. The predicted octanol–water partition coefficient (Wildman–Crippen LogP) is 4.02. The molecular formula is C14H16F3N3. The topological polar surface area (TPSA) is 29.9 Å². The number of rotatable bonds is 4. The fourth-order valence-electron chi connectivity index (χ4n) is 1.94. The number of halogens is 3. The summed E-state index contributed by atoms with van der Waals surface area (Å²) in [6.45, 7) is 4.18. The molecule has 0 aliphatic heterocycles. The van der Waals surface area contributed by atoms with Crippen molar-refractivity contribution < 1.29 is 13.2 Å². The van der Waals surface area contributed by atoms with Gasteiger partial charge in [0.05, 0.1) is 5.56 Å². The van der Waals surface area contributed by atoms with Crippen molar-refractivity contribution in [2.75, 3.05) is 11.9 Å². The SMILES string of the molecule is CCCNc1nccn1-c1ccc(C)c(C(F)(F)F)c1. The summed E-state index contributed by atoms with van der Waals surface area (Å²) in [6.07, 6.45) is -0.236.